The number of benzene rings is 10. The van der Waals surface area contributed by atoms with Crippen LogP contribution in [0.4, 0.5) is 0 Å². The topological polar surface area (TPSA) is 38.7 Å². The molecule has 13 rings (SSSR count). The van der Waals surface area contributed by atoms with Gasteiger partial charge >= 0.3 is 0 Å². The highest BCUT2D eigenvalue weighted by atomic mass is 32.1. The van der Waals surface area contributed by atoms with E-state index in [4.69, 9.17) is 15.0 Å². The van der Waals surface area contributed by atoms with Gasteiger partial charge in [0, 0.05) is 36.9 Å². The lowest BCUT2D eigenvalue weighted by atomic mass is 9.66. The summed E-state index contributed by atoms with van der Waals surface area (Å²) in [5.74, 6) is 1.87. The van der Waals surface area contributed by atoms with E-state index < -0.39 is 5.41 Å². The SMILES string of the molecule is c1ccc(C2(c3ccccc3)c3ccccc3-c3cccc(-c4nc(-c5ccc(-c6cccc7ccccc67)cc5)nc(-c5cccc(-c6cccc7c6sc6ccccc67)c5)n4)c32)cc1. The van der Waals surface area contributed by atoms with Gasteiger partial charge in [0.1, 0.15) is 0 Å². The first kappa shape index (κ1) is 38.2. The van der Waals surface area contributed by atoms with Crippen LogP contribution < -0.4 is 0 Å². The van der Waals surface area contributed by atoms with Crippen LogP contribution in [0.1, 0.15) is 22.3 Å². The van der Waals surface area contributed by atoms with Crippen molar-refractivity contribution in [3.05, 3.63) is 259 Å². The number of hydrogen-bond donors (Lipinski definition) is 0. The minimum Gasteiger partial charge on any atom is -0.208 e. The van der Waals surface area contributed by atoms with Gasteiger partial charge in [-0.3, -0.25) is 0 Å². The van der Waals surface area contributed by atoms with E-state index in [0.717, 1.165) is 27.8 Å². The summed E-state index contributed by atoms with van der Waals surface area (Å²) in [4.78, 5) is 16.3. The Morgan fingerprint density at radius 2 is 0.848 bits per heavy atom. The Balaban J connectivity index is 1.04. The molecule has 0 N–H and O–H groups in total. The molecule has 0 aliphatic heterocycles. The Hall–Kier alpha value is -8.31. The van der Waals surface area contributed by atoms with E-state index in [1.54, 1.807) is 0 Å². The molecular weight excluding hydrogens is 819 g/mol. The molecule has 12 aromatic rings. The van der Waals surface area contributed by atoms with Crippen LogP contribution in [0.2, 0.25) is 0 Å². The highest BCUT2D eigenvalue weighted by Crippen LogP contribution is 2.58. The van der Waals surface area contributed by atoms with Gasteiger partial charge in [-0.25, -0.2) is 15.0 Å². The summed E-state index contributed by atoms with van der Waals surface area (Å²) in [5, 5.41) is 5.00. The minimum atomic E-state index is -0.638. The first-order valence-corrected chi connectivity index (χ1v) is 23.2. The fourth-order valence-electron chi connectivity index (χ4n) is 10.5. The molecule has 3 nitrogen and oxygen atoms in total. The zero-order valence-electron chi connectivity index (χ0n) is 35.8. The molecule has 10 aromatic carbocycles. The molecule has 0 saturated carbocycles. The summed E-state index contributed by atoms with van der Waals surface area (Å²) in [6.45, 7) is 0. The third kappa shape index (κ3) is 5.99. The van der Waals surface area contributed by atoms with E-state index in [1.807, 2.05) is 11.3 Å². The van der Waals surface area contributed by atoms with Gasteiger partial charge < -0.3 is 0 Å². The lowest BCUT2D eigenvalue weighted by molar-refractivity contribution is 0.769. The molecule has 0 unspecified atom stereocenters. The quantitative estimate of drug-likeness (QED) is 0.160. The van der Waals surface area contributed by atoms with E-state index in [2.05, 4.69) is 237 Å². The number of thiophene rings is 1. The van der Waals surface area contributed by atoms with Crippen LogP contribution in [0, 0.1) is 0 Å². The molecule has 0 atom stereocenters. The number of aromatic nitrogens is 3. The molecule has 0 radical (unpaired) electrons. The predicted octanol–water partition coefficient (Wildman–Crippen LogP) is 16.1. The van der Waals surface area contributed by atoms with Crippen molar-refractivity contribution in [3.8, 4) is 67.5 Å². The van der Waals surface area contributed by atoms with Gasteiger partial charge in [0.2, 0.25) is 0 Å². The van der Waals surface area contributed by atoms with Crippen molar-refractivity contribution in [1.29, 1.82) is 0 Å². The molecule has 308 valence electrons. The third-order valence-corrected chi connectivity index (χ3v) is 14.7. The number of nitrogens with zero attached hydrogens (tertiary/aromatic N) is 3. The Bertz CT molecular complexity index is 3770. The molecule has 0 fully saturated rings. The Morgan fingerprint density at radius 3 is 1.67 bits per heavy atom. The van der Waals surface area contributed by atoms with Crippen molar-refractivity contribution >= 4 is 42.3 Å². The third-order valence-electron chi connectivity index (χ3n) is 13.4. The summed E-state index contributed by atoms with van der Waals surface area (Å²) >= 11 is 1.85. The van der Waals surface area contributed by atoms with E-state index >= 15 is 0 Å². The highest BCUT2D eigenvalue weighted by Gasteiger charge is 2.47. The lowest BCUT2D eigenvalue weighted by Crippen LogP contribution is -2.29. The fraction of sp³-hybridized carbons (Fsp3) is 0.0161. The zero-order valence-corrected chi connectivity index (χ0v) is 36.6. The maximum Gasteiger partial charge on any atom is 0.164 e. The molecule has 0 amide bonds. The van der Waals surface area contributed by atoms with Crippen molar-refractivity contribution in [1.82, 2.24) is 15.0 Å². The minimum absolute atomic E-state index is 0.620. The smallest absolute Gasteiger partial charge is 0.164 e. The average Bonchev–Trinajstić information content (AvgIpc) is 3.93. The summed E-state index contributed by atoms with van der Waals surface area (Å²) in [7, 11) is 0. The Labute approximate surface area is 387 Å². The van der Waals surface area contributed by atoms with Gasteiger partial charge in [0.15, 0.2) is 17.5 Å². The van der Waals surface area contributed by atoms with Crippen LogP contribution >= 0.6 is 11.3 Å². The van der Waals surface area contributed by atoms with Gasteiger partial charge in [0.25, 0.3) is 0 Å². The van der Waals surface area contributed by atoms with Gasteiger partial charge in [-0.15, -0.1) is 11.3 Å². The van der Waals surface area contributed by atoms with E-state index in [-0.39, 0.29) is 0 Å². The van der Waals surface area contributed by atoms with Gasteiger partial charge in [-0.05, 0) is 78.5 Å². The van der Waals surface area contributed by atoms with E-state index in [1.165, 1.54) is 75.5 Å². The largest absolute Gasteiger partial charge is 0.208 e. The summed E-state index contributed by atoms with van der Waals surface area (Å²) in [5.41, 5.74) is 14.0. The maximum absolute atomic E-state index is 5.50. The van der Waals surface area contributed by atoms with Crippen molar-refractivity contribution in [2.45, 2.75) is 5.41 Å². The van der Waals surface area contributed by atoms with Crippen molar-refractivity contribution in [3.63, 3.8) is 0 Å². The molecule has 0 bridgehead atoms. The molecule has 1 aliphatic rings. The Morgan fingerprint density at radius 1 is 0.318 bits per heavy atom. The molecule has 0 spiro atoms. The van der Waals surface area contributed by atoms with Crippen LogP contribution in [0.25, 0.3) is 98.5 Å². The van der Waals surface area contributed by atoms with E-state index in [0.29, 0.717) is 17.5 Å². The highest BCUT2D eigenvalue weighted by molar-refractivity contribution is 7.26. The first-order chi connectivity index (χ1) is 32.7. The predicted molar refractivity (Wildman–Crippen MR) is 275 cm³/mol. The van der Waals surface area contributed by atoms with E-state index in [9.17, 15) is 0 Å². The summed E-state index contributed by atoms with van der Waals surface area (Å²) in [6.07, 6.45) is 0. The van der Waals surface area contributed by atoms with Gasteiger partial charge in [-0.2, -0.15) is 0 Å². The van der Waals surface area contributed by atoms with Gasteiger partial charge in [0.05, 0.1) is 5.41 Å². The van der Waals surface area contributed by atoms with Crippen LogP contribution in [0.15, 0.2) is 237 Å². The molecule has 4 heteroatoms. The lowest BCUT2D eigenvalue weighted by Gasteiger charge is -2.35. The van der Waals surface area contributed by atoms with Crippen LogP contribution in [-0.2, 0) is 5.41 Å². The zero-order chi connectivity index (χ0) is 43.6. The molecule has 0 saturated heterocycles. The summed E-state index contributed by atoms with van der Waals surface area (Å²) in [6, 6.07) is 85.1. The average molecular weight is 858 g/mol. The van der Waals surface area contributed by atoms with Crippen molar-refractivity contribution in [2.24, 2.45) is 0 Å². The Kier molecular flexibility index (Phi) is 8.93. The van der Waals surface area contributed by atoms with Crippen LogP contribution in [0.5, 0.6) is 0 Å². The molecule has 66 heavy (non-hydrogen) atoms. The first-order valence-electron chi connectivity index (χ1n) is 22.4. The van der Waals surface area contributed by atoms with Crippen LogP contribution in [-0.4, -0.2) is 15.0 Å². The van der Waals surface area contributed by atoms with Crippen LogP contribution in [0.3, 0.4) is 0 Å². The monoisotopic (exact) mass is 857 g/mol. The van der Waals surface area contributed by atoms with Gasteiger partial charge in [-0.1, -0.05) is 224 Å². The second kappa shape index (κ2) is 15.4. The second-order valence-electron chi connectivity index (χ2n) is 17.0. The normalized spacial score (nSPS) is 12.7. The fourth-order valence-corrected chi connectivity index (χ4v) is 11.8. The van der Waals surface area contributed by atoms with Crippen molar-refractivity contribution < 1.29 is 0 Å². The molecule has 2 aromatic heterocycles. The second-order valence-corrected chi connectivity index (χ2v) is 18.1. The number of rotatable bonds is 7. The molecular formula is C62H39N3S. The standard InChI is InChI=1S/C62H39N3S/c1-3-21-45(22-4-1)62(46-23-5-2-6-24-46)55-33-11-9-26-50(55)52-30-16-32-54(57(52)62)61-64-59(42-37-35-41(36-38-42)48-28-14-18-40-17-7-8-25-47(40)48)63-60(65-61)44-20-13-19-43(39-44)49-29-15-31-53-51-27-10-12-34-56(51)66-58(49)53/h1-39H. The maximum atomic E-state index is 5.50. The number of hydrogen-bond acceptors (Lipinski definition) is 4. The molecule has 1 aliphatic carbocycles. The molecule has 2 heterocycles. The van der Waals surface area contributed by atoms with Crippen molar-refractivity contribution in [2.75, 3.05) is 0 Å². The summed E-state index contributed by atoms with van der Waals surface area (Å²) < 4.78 is 2.56. The number of fused-ring (bicyclic) bond motifs is 7.